The van der Waals surface area contributed by atoms with Crippen molar-refractivity contribution in [3.8, 4) is 23.0 Å². The Labute approximate surface area is 161 Å². The Kier molecular flexibility index (Phi) is 6.05. The molecule has 0 spiro atoms. The summed E-state index contributed by atoms with van der Waals surface area (Å²) >= 11 is 0. The second-order valence-corrected chi connectivity index (χ2v) is 5.92. The van der Waals surface area contributed by atoms with Crippen LogP contribution in [-0.2, 0) is 18.4 Å². The number of carbonyl (C=O) groups is 1. The molecule has 0 unspecified atom stereocenters. The monoisotopic (exact) mass is 383 g/mol. The van der Waals surface area contributed by atoms with Gasteiger partial charge in [0, 0.05) is 19.8 Å². The number of methoxy groups -OCH3 is 1. The Morgan fingerprint density at radius 3 is 2.57 bits per heavy atom. The van der Waals surface area contributed by atoms with Crippen LogP contribution in [0.1, 0.15) is 0 Å². The van der Waals surface area contributed by atoms with Crippen LogP contribution in [0.4, 0.5) is 0 Å². The zero-order valence-corrected chi connectivity index (χ0v) is 15.7. The van der Waals surface area contributed by atoms with Crippen LogP contribution in [0.3, 0.4) is 0 Å². The smallest absolute Gasteiger partial charge is 0.346 e. The lowest BCUT2D eigenvalue weighted by Gasteiger charge is -2.08. The van der Waals surface area contributed by atoms with Crippen molar-refractivity contribution in [1.29, 1.82) is 0 Å². The van der Waals surface area contributed by atoms with E-state index in [0.717, 1.165) is 0 Å². The van der Waals surface area contributed by atoms with Crippen molar-refractivity contribution < 1.29 is 14.3 Å². The lowest BCUT2D eigenvalue weighted by Crippen LogP contribution is -2.34. The Balaban J connectivity index is 1.50. The number of aromatic nitrogens is 4. The maximum Gasteiger partial charge on any atom is 0.346 e. The quantitative estimate of drug-likeness (QED) is 0.619. The van der Waals surface area contributed by atoms with E-state index >= 15 is 0 Å². The molecule has 0 saturated heterocycles. The van der Waals surface area contributed by atoms with Crippen LogP contribution in [0.25, 0.3) is 11.5 Å². The van der Waals surface area contributed by atoms with E-state index in [9.17, 15) is 9.59 Å². The summed E-state index contributed by atoms with van der Waals surface area (Å²) in [4.78, 5) is 28.4. The molecule has 9 nitrogen and oxygen atoms in total. The first-order valence-electron chi connectivity index (χ1n) is 8.67. The molecule has 0 aliphatic heterocycles. The minimum atomic E-state index is -0.287. The number of ether oxygens (including phenoxy) is 2. The fourth-order valence-corrected chi connectivity index (χ4v) is 2.52. The van der Waals surface area contributed by atoms with Crippen LogP contribution in [0.15, 0.2) is 53.5 Å². The van der Waals surface area contributed by atoms with Gasteiger partial charge in [-0.2, -0.15) is 0 Å². The van der Waals surface area contributed by atoms with Crippen molar-refractivity contribution in [2.75, 3.05) is 20.3 Å². The van der Waals surface area contributed by atoms with Gasteiger partial charge in [0.2, 0.25) is 0 Å². The molecule has 1 N–H and O–H groups in total. The van der Waals surface area contributed by atoms with Crippen LogP contribution >= 0.6 is 0 Å². The predicted molar refractivity (Wildman–Crippen MR) is 102 cm³/mol. The van der Waals surface area contributed by atoms with Gasteiger partial charge in [-0.05, 0) is 36.4 Å². The third-order valence-corrected chi connectivity index (χ3v) is 4.01. The normalized spacial score (nSPS) is 10.5. The third kappa shape index (κ3) is 4.56. The van der Waals surface area contributed by atoms with Crippen LogP contribution in [0.5, 0.6) is 11.5 Å². The highest BCUT2D eigenvalue weighted by Crippen LogP contribution is 2.16. The van der Waals surface area contributed by atoms with Gasteiger partial charge in [0.1, 0.15) is 17.2 Å². The number of hydrogen-bond donors (Lipinski definition) is 1. The summed E-state index contributed by atoms with van der Waals surface area (Å²) in [6.45, 7) is 0.375. The van der Waals surface area contributed by atoms with E-state index in [4.69, 9.17) is 9.47 Å². The first-order chi connectivity index (χ1) is 13.6. The summed E-state index contributed by atoms with van der Waals surface area (Å²) < 4.78 is 13.2. The Morgan fingerprint density at radius 2 is 1.89 bits per heavy atom. The molecule has 0 bridgehead atoms. The second kappa shape index (κ2) is 8.85. The third-order valence-electron chi connectivity index (χ3n) is 4.01. The van der Waals surface area contributed by atoms with Gasteiger partial charge in [0.15, 0.2) is 12.4 Å². The summed E-state index contributed by atoms with van der Waals surface area (Å²) in [5.74, 6) is 1.46. The van der Waals surface area contributed by atoms with Crippen LogP contribution < -0.4 is 20.5 Å². The highest BCUT2D eigenvalue weighted by molar-refractivity contribution is 5.77. The first kappa shape index (κ1) is 19.2. The number of hydrogen-bond acceptors (Lipinski definition) is 6. The Bertz CT molecular complexity index is 980. The molecule has 146 valence electrons. The number of pyridine rings is 1. The molecule has 2 heterocycles. The molecule has 2 aromatic heterocycles. The largest absolute Gasteiger partial charge is 0.497 e. The molecular formula is C19H21N5O4. The molecule has 3 rings (SSSR count). The molecule has 28 heavy (non-hydrogen) atoms. The van der Waals surface area contributed by atoms with Crippen molar-refractivity contribution in [3.63, 3.8) is 0 Å². The fraction of sp³-hybridized carbons (Fsp3) is 0.263. The number of nitrogens with zero attached hydrogens (tertiary/aromatic N) is 4. The predicted octanol–water partition coefficient (Wildman–Crippen LogP) is 0.848. The molecular weight excluding hydrogens is 362 g/mol. The molecule has 0 saturated carbocycles. The molecule has 0 aliphatic carbocycles. The molecule has 1 aromatic carbocycles. The highest BCUT2D eigenvalue weighted by Gasteiger charge is 2.13. The van der Waals surface area contributed by atoms with E-state index in [1.807, 2.05) is 6.07 Å². The van der Waals surface area contributed by atoms with Crippen molar-refractivity contribution >= 4 is 5.91 Å². The Morgan fingerprint density at radius 1 is 1.14 bits per heavy atom. The van der Waals surface area contributed by atoms with Gasteiger partial charge in [-0.15, -0.1) is 5.10 Å². The maximum absolute atomic E-state index is 12.3. The highest BCUT2D eigenvalue weighted by atomic mass is 16.5. The number of carbonyl (C=O) groups excluding carboxylic acids is 1. The van der Waals surface area contributed by atoms with E-state index in [2.05, 4.69) is 15.4 Å². The van der Waals surface area contributed by atoms with Crippen LogP contribution in [-0.4, -0.2) is 45.5 Å². The van der Waals surface area contributed by atoms with Gasteiger partial charge >= 0.3 is 5.69 Å². The number of nitrogens with one attached hydrogen (secondary N) is 1. The van der Waals surface area contributed by atoms with Gasteiger partial charge in [0.25, 0.3) is 5.91 Å². The summed E-state index contributed by atoms with van der Waals surface area (Å²) in [5.41, 5.74) is 0.335. The van der Waals surface area contributed by atoms with E-state index in [0.29, 0.717) is 23.0 Å². The summed E-state index contributed by atoms with van der Waals surface area (Å²) in [6, 6.07) is 12.3. The topological polar surface area (TPSA) is 100 Å². The zero-order chi connectivity index (χ0) is 19.9. The number of amides is 1. The molecule has 0 fully saturated rings. The minimum Gasteiger partial charge on any atom is -0.497 e. The molecule has 1 amide bonds. The van der Waals surface area contributed by atoms with Crippen LogP contribution in [0.2, 0.25) is 0 Å². The number of benzene rings is 1. The maximum atomic E-state index is 12.3. The number of rotatable bonds is 8. The van der Waals surface area contributed by atoms with Gasteiger partial charge in [-0.25, -0.2) is 9.48 Å². The second-order valence-electron chi connectivity index (χ2n) is 5.92. The van der Waals surface area contributed by atoms with E-state index in [1.54, 1.807) is 56.8 Å². The minimum absolute atomic E-state index is 0.122. The molecule has 0 radical (unpaired) electrons. The zero-order valence-electron chi connectivity index (χ0n) is 15.7. The Hall–Kier alpha value is -3.62. The molecule has 3 aromatic rings. The van der Waals surface area contributed by atoms with Crippen molar-refractivity contribution in [1.82, 2.24) is 24.6 Å². The average Bonchev–Trinajstić information content (AvgIpc) is 3.02. The van der Waals surface area contributed by atoms with Crippen LogP contribution in [0, 0.1) is 0 Å². The first-order valence-corrected chi connectivity index (χ1v) is 8.67. The standard InChI is InChI=1S/C19H21N5O4/c1-23-18(16-5-3-4-10-20-16)22-24(19(23)26)12-11-21-17(25)13-28-15-8-6-14(27-2)7-9-15/h3-10H,11-13H2,1-2H3,(H,21,25). The van der Waals surface area contributed by atoms with Gasteiger partial charge < -0.3 is 14.8 Å². The van der Waals surface area contributed by atoms with Crippen molar-refractivity contribution in [2.45, 2.75) is 6.54 Å². The lowest BCUT2D eigenvalue weighted by molar-refractivity contribution is -0.123. The van der Waals surface area contributed by atoms with Crippen molar-refractivity contribution in [3.05, 3.63) is 59.1 Å². The summed E-state index contributed by atoms with van der Waals surface area (Å²) in [7, 11) is 3.21. The summed E-state index contributed by atoms with van der Waals surface area (Å²) in [6.07, 6.45) is 1.64. The van der Waals surface area contributed by atoms with E-state index in [-0.39, 0.29) is 31.3 Å². The van der Waals surface area contributed by atoms with Crippen molar-refractivity contribution in [2.24, 2.45) is 7.05 Å². The molecule has 0 atom stereocenters. The fourth-order valence-electron chi connectivity index (χ4n) is 2.52. The van der Waals surface area contributed by atoms with Gasteiger partial charge in [-0.1, -0.05) is 6.07 Å². The SMILES string of the molecule is COc1ccc(OCC(=O)NCCn2nc(-c3ccccn3)n(C)c2=O)cc1. The molecule has 9 heteroatoms. The van der Waals surface area contributed by atoms with E-state index in [1.165, 1.54) is 9.25 Å². The average molecular weight is 383 g/mol. The van der Waals surface area contributed by atoms with Gasteiger partial charge in [-0.3, -0.25) is 14.3 Å². The summed E-state index contributed by atoms with van der Waals surface area (Å²) in [5, 5.41) is 7.00. The lowest BCUT2D eigenvalue weighted by atomic mass is 10.3. The molecule has 0 aliphatic rings. The van der Waals surface area contributed by atoms with E-state index < -0.39 is 0 Å². The van der Waals surface area contributed by atoms with Gasteiger partial charge in [0.05, 0.1) is 13.7 Å².